The summed E-state index contributed by atoms with van der Waals surface area (Å²) in [5.41, 5.74) is 1.44. The molecule has 0 bridgehead atoms. The highest BCUT2D eigenvalue weighted by Gasteiger charge is 2.27. The van der Waals surface area contributed by atoms with E-state index in [1.807, 2.05) is 30.3 Å². The minimum atomic E-state index is -0.379. The zero-order chi connectivity index (χ0) is 19.2. The van der Waals surface area contributed by atoms with Crippen molar-refractivity contribution in [2.75, 3.05) is 24.7 Å². The van der Waals surface area contributed by atoms with Gasteiger partial charge in [-0.15, -0.1) is 23.1 Å². The zero-order valence-electron chi connectivity index (χ0n) is 14.9. The molecule has 1 aliphatic heterocycles. The number of carbonyl (C=O) groups excluding carboxylic acids is 2. The normalized spacial score (nSPS) is 12.8. The van der Waals surface area contributed by atoms with Gasteiger partial charge in [-0.3, -0.25) is 4.79 Å². The summed E-state index contributed by atoms with van der Waals surface area (Å²) in [6.07, 6.45) is 0.571. The molecule has 2 aromatic rings. The number of methoxy groups -OCH3 is 1. The quantitative estimate of drug-likeness (QED) is 0.769. The van der Waals surface area contributed by atoms with Crippen LogP contribution in [0.2, 0.25) is 0 Å². The van der Waals surface area contributed by atoms with E-state index in [0.717, 1.165) is 15.3 Å². The number of hydrogen-bond acceptors (Lipinski definition) is 6. The fourth-order valence-electron chi connectivity index (χ4n) is 2.86. The zero-order valence-corrected chi connectivity index (χ0v) is 16.5. The number of nitrogens with zero attached hydrogens (tertiary/aromatic N) is 2. The van der Waals surface area contributed by atoms with Gasteiger partial charge in [0.2, 0.25) is 5.91 Å². The van der Waals surface area contributed by atoms with Crippen LogP contribution in [-0.2, 0) is 22.5 Å². The van der Waals surface area contributed by atoms with Crippen molar-refractivity contribution in [3.05, 3.63) is 46.3 Å². The number of rotatable bonds is 5. The molecule has 0 saturated heterocycles. The number of anilines is 1. The van der Waals surface area contributed by atoms with E-state index in [0.29, 0.717) is 42.2 Å². The van der Waals surface area contributed by atoms with E-state index in [4.69, 9.17) is 4.74 Å². The monoisotopic (exact) mass is 401 g/mol. The van der Waals surface area contributed by atoms with E-state index in [2.05, 4.69) is 11.4 Å². The second kappa shape index (κ2) is 8.93. The molecule has 0 aliphatic carbocycles. The van der Waals surface area contributed by atoms with Gasteiger partial charge in [-0.25, -0.2) is 4.79 Å². The number of fused-ring (bicyclic) bond motifs is 1. The smallest absolute Gasteiger partial charge is 0.409 e. The topological polar surface area (TPSA) is 82.4 Å². The number of nitrogens with one attached hydrogen (secondary N) is 1. The van der Waals surface area contributed by atoms with Crippen LogP contribution in [0.1, 0.15) is 22.4 Å². The first kappa shape index (κ1) is 19.3. The van der Waals surface area contributed by atoms with Crippen molar-refractivity contribution in [1.82, 2.24) is 4.90 Å². The van der Waals surface area contributed by atoms with Crippen LogP contribution in [0.25, 0.3) is 0 Å². The van der Waals surface area contributed by atoms with Crippen molar-refractivity contribution < 1.29 is 14.3 Å². The second-order valence-corrected chi connectivity index (χ2v) is 8.19. The summed E-state index contributed by atoms with van der Waals surface area (Å²) in [5.74, 6) is 0.553. The standard InChI is InChI=1S/C19H19N3O3S2/c1-25-19(24)22-9-7-14-15(11-20)18(27-16(14)12-22)21-17(23)8-10-26-13-5-3-2-4-6-13/h2-6H,7-10,12H2,1H3,(H,21,23). The predicted molar refractivity (Wildman–Crippen MR) is 106 cm³/mol. The van der Waals surface area contributed by atoms with Gasteiger partial charge in [0, 0.05) is 28.5 Å². The highest BCUT2D eigenvalue weighted by molar-refractivity contribution is 7.99. The lowest BCUT2D eigenvalue weighted by Crippen LogP contribution is -2.35. The summed E-state index contributed by atoms with van der Waals surface area (Å²) in [5, 5.41) is 13.0. The Balaban J connectivity index is 1.62. The van der Waals surface area contributed by atoms with Gasteiger partial charge in [0.1, 0.15) is 11.1 Å². The average molecular weight is 402 g/mol. The Labute approximate surface area is 166 Å². The first-order chi connectivity index (χ1) is 13.1. The van der Waals surface area contributed by atoms with Gasteiger partial charge in [0.05, 0.1) is 19.2 Å². The molecule has 0 spiro atoms. The molecule has 2 amide bonds. The summed E-state index contributed by atoms with van der Waals surface area (Å²) in [7, 11) is 1.35. The molecule has 0 unspecified atom stereocenters. The van der Waals surface area contributed by atoms with Gasteiger partial charge in [-0.1, -0.05) is 18.2 Å². The third kappa shape index (κ3) is 4.62. The summed E-state index contributed by atoms with van der Waals surface area (Å²) >= 11 is 2.99. The van der Waals surface area contributed by atoms with E-state index in [-0.39, 0.29) is 12.0 Å². The van der Waals surface area contributed by atoms with Gasteiger partial charge in [-0.2, -0.15) is 5.26 Å². The molecule has 27 heavy (non-hydrogen) atoms. The third-order valence-electron chi connectivity index (χ3n) is 4.20. The molecule has 0 radical (unpaired) electrons. The van der Waals surface area contributed by atoms with Crippen LogP contribution in [0.3, 0.4) is 0 Å². The number of thioether (sulfide) groups is 1. The molecule has 8 heteroatoms. The van der Waals surface area contributed by atoms with Crippen LogP contribution in [0.15, 0.2) is 35.2 Å². The summed E-state index contributed by atoms with van der Waals surface area (Å²) in [6, 6.07) is 12.1. The Morgan fingerprint density at radius 3 is 2.85 bits per heavy atom. The first-order valence-electron chi connectivity index (χ1n) is 8.47. The summed E-state index contributed by atoms with van der Waals surface area (Å²) in [4.78, 5) is 27.7. The van der Waals surface area contributed by atoms with Gasteiger partial charge in [0.25, 0.3) is 0 Å². The molecule has 1 aliphatic rings. The van der Waals surface area contributed by atoms with E-state index in [1.165, 1.54) is 18.4 Å². The minimum absolute atomic E-state index is 0.113. The first-order valence-corrected chi connectivity index (χ1v) is 10.3. The van der Waals surface area contributed by atoms with Crippen LogP contribution in [0.4, 0.5) is 9.80 Å². The van der Waals surface area contributed by atoms with Crippen molar-refractivity contribution in [3.63, 3.8) is 0 Å². The van der Waals surface area contributed by atoms with Crippen LogP contribution < -0.4 is 5.32 Å². The lowest BCUT2D eigenvalue weighted by Gasteiger charge is -2.25. The molecule has 6 nitrogen and oxygen atoms in total. The molecule has 140 valence electrons. The second-order valence-electron chi connectivity index (χ2n) is 5.92. The SMILES string of the molecule is COC(=O)N1CCc2c(sc(NC(=O)CCSc3ccccc3)c2C#N)C1. The van der Waals surface area contributed by atoms with Crippen LogP contribution in [0.5, 0.6) is 0 Å². The van der Waals surface area contributed by atoms with Crippen molar-refractivity contribution in [1.29, 1.82) is 5.26 Å². The highest BCUT2D eigenvalue weighted by Crippen LogP contribution is 2.36. The molecule has 2 heterocycles. The van der Waals surface area contributed by atoms with E-state index in [1.54, 1.807) is 16.7 Å². The average Bonchev–Trinajstić information content (AvgIpc) is 3.04. The van der Waals surface area contributed by atoms with Crippen molar-refractivity contribution in [2.45, 2.75) is 24.3 Å². The lowest BCUT2D eigenvalue weighted by molar-refractivity contribution is -0.115. The number of benzene rings is 1. The number of ether oxygens (including phenoxy) is 1. The summed E-state index contributed by atoms with van der Waals surface area (Å²) in [6.45, 7) is 0.910. The minimum Gasteiger partial charge on any atom is -0.453 e. The molecule has 1 aromatic carbocycles. The fourth-order valence-corrected chi connectivity index (χ4v) is 4.96. The van der Waals surface area contributed by atoms with Crippen LogP contribution in [0, 0.1) is 11.3 Å². The number of hydrogen-bond donors (Lipinski definition) is 1. The van der Waals surface area contributed by atoms with Crippen molar-refractivity contribution in [2.24, 2.45) is 0 Å². The number of amides is 2. The Morgan fingerprint density at radius 1 is 1.37 bits per heavy atom. The van der Waals surface area contributed by atoms with Gasteiger partial charge < -0.3 is 15.0 Å². The molecule has 0 atom stereocenters. The van der Waals surface area contributed by atoms with Gasteiger partial charge in [0.15, 0.2) is 0 Å². The number of carbonyl (C=O) groups is 2. The van der Waals surface area contributed by atoms with Crippen molar-refractivity contribution >= 4 is 40.1 Å². The molecule has 1 aromatic heterocycles. The van der Waals surface area contributed by atoms with E-state index < -0.39 is 0 Å². The molecular weight excluding hydrogens is 382 g/mol. The predicted octanol–water partition coefficient (Wildman–Crippen LogP) is 3.87. The largest absolute Gasteiger partial charge is 0.453 e. The summed E-state index contributed by atoms with van der Waals surface area (Å²) < 4.78 is 4.77. The Morgan fingerprint density at radius 2 is 2.15 bits per heavy atom. The number of nitriles is 1. The maximum atomic E-state index is 12.3. The fraction of sp³-hybridized carbons (Fsp3) is 0.316. The lowest BCUT2D eigenvalue weighted by atomic mass is 10.0. The molecule has 1 N–H and O–H groups in total. The maximum absolute atomic E-state index is 12.3. The van der Waals surface area contributed by atoms with Crippen molar-refractivity contribution in [3.8, 4) is 6.07 Å². The van der Waals surface area contributed by atoms with Crippen LogP contribution >= 0.6 is 23.1 Å². The van der Waals surface area contributed by atoms with E-state index in [9.17, 15) is 14.9 Å². The molecule has 0 fully saturated rings. The maximum Gasteiger partial charge on any atom is 0.409 e. The van der Waals surface area contributed by atoms with Gasteiger partial charge >= 0.3 is 6.09 Å². The molecule has 0 saturated carbocycles. The Kier molecular flexibility index (Phi) is 6.37. The van der Waals surface area contributed by atoms with E-state index >= 15 is 0 Å². The molecule has 3 rings (SSSR count). The molecular formula is C19H19N3O3S2. The van der Waals surface area contributed by atoms with Gasteiger partial charge in [-0.05, 0) is 24.1 Å². The third-order valence-corrected chi connectivity index (χ3v) is 6.34. The number of thiophene rings is 1. The highest BCUT2D eigenvalue weighted by atomic mass is 32.2. The Hall–Kier alpha value is -2.50. The Bertz CT molecular complexity index is 874. The van der Waals surface area contributed by atoms with Crippen LogP contribution in [-0.4, -0.2) is 36.3 Å².